The standard InChI is InChI=1S/C17H25NO4/c1-4-6-13-11(2)7-5-8-18(13)17(21)16-12(3)10-22-14(16)9-15(19)20/h10-11,13H,4-9H2,1-3H3,(H,19,20). The summed E-state index contributed by atoms with van der Waals surface area (Å²) in [5, 5.41) is 8.99. The second-order valence-electron chi connectivity index (χ2n) is 6.26. The van der Waals surface area contributed by atoms with Crippen molar-refractivity contribution in [2.45, 2.75) is 58.9 Å². The molecule has 5 heteroatoms. The van der Waals surface area contributed by atoms with Crippen LogP contribution in [0.2, 0.25) is 0 Å². The molecular formula is C17H25NO4. The van der Waals surface area contributed by atoms with E-state index in [1.165, 1.54) is 6.26 Å². The Morgan fingerprint density at radius 2 is 2.18 bits per heavy atom. The number of aliphatic carboxylic acids is 1. The van der Waals surface area contributed by atoms with Crippen molar-refractivity contribution in [2.24, 2.45) is 5.92 Å². The van der Waals surface area contributed by atoms with Crippen LogP contribution in [0, 0.1) is 12.8 Å². The lowest BCUT2D eigenvalue weighted by Gasteiger charge is -2.40. The molecule has 1 N–H and O–H groups in total. The lowest BCUT2D eigenvalue weighted by atomic mass is 9.87. The van der Waals surface area contributed by atoms with Gasteiger partial charge in [0.15, 0.2) is 0 Å². The van der Waals surface area contributed by atoms with Gasteiger partial charge in [0.25, 0.3) is 5.91 Å². The van der Waals surface area contributed by atoms with Crippen molar-refractivity contribution < 1.29 is 19.1 Å². The predicted molar refractivity (Wildman–Crippen MR) is 82.9 cm³/mol. The minimum atomic E-state index is -0.986. The van der Waals surface area contributed by atoms with Gasteiger partial charge >= 0.3 is 5.97 Å². The van der Waals surface area contributed by atoms with Crippen LogP contribution in [0.25, 0.3) is 0 Å². The first kappa shape index (κ1) is 16.6. The first-order chi connectivity index (χ1) is 10.5. The number of rotatable bonds is 5. The number of likely N-dealkylation sites (tertiary alicyclic amines) is 1. The molecule has 1 saturated heterocycles. The Labute approximate surface area is 131 Å². The largest absolute Gasteiger partial charge is 0.481 e. The zero-order chi connectivity index (χ0) is 16.3. The zero-order valence-corrected chi connectivity index (χ0v) is 13.6. The van der Waals surface area contributed by atoms with Crippen molar-refractivity contribution >= 4 is 11.9 Å². The van der Waals surface area contributed by atoms with Gasteiger partial charge in [0.2, 0.25) is 0 Å². The van der Waals surface area contributed by atoms with Crippen LogP contribution in [0.3, 0.4) is 0 Å². The van der Waals surface area contributed by atoms with Gasteiger partial charge in [-0.2, -0.15) is 0 Å². The van der Waals surface area contributed by atoms with E-state index in [9.17, 15) is 9.59 Å². The molecule has 1 aliphatic rings. The summed E-state index contributed by atoms with van der Waals surface area (Å²) in [5.41, 5.74) is 1.16. The second-order valence-corrected chi connectivity index (χ2v) is 6.26. The first-order valence-corrected chi connectivity index (χ1v) is 8.05. The number of carboxylic acids is 1. The average molecular weight is 307 g/mol. The number of nitrogens with zero attached hydrogens (tertiary/aromatic N) is 1. The molecule has 1 aliphatic heterocycles. The van der Waals surface area contributed by atoms with Crippen LogP contribution in [-0.4, -0.2) is 34.5 Å². The molecule has 2 atom stereocenters. The smallest absolute Gasteiger partial charge is 0.311 e. The highest BCUT2D eigenvalue weighted by Crippen LogP contribution is 2.30. The Morgan fingerprint density at radius 3 is 2.82 bits per heavy atom. The number of carbonyl (C=O) groups excluding carboxylic acids is 1. The van der Waals surface area contributed by atoms with Gasteiger partial charge in [-0.05, 0) is 32.1 Å². The quantitative estimate of drug-likeness (QED) is 0.906. The summed E-state index contributed by atoms with van der Waals surface area (Å²) in [7, 11) is 0. The molecule has 2 unspecified atom stereocenters. The molecule has 0 spiro atoms. The normalized spacial score (nSPS) is 21.9. The summed E-state index contributed by atoms with van der Waals surface area (Å²) >= 11 is 0. The van der Waals surface area contributed by atoms with Crippen LogP contribution in [0.15, 0.2) is 10.7 Å². The van der Waals surface area contributed by atoms with Gasteiger partial charge in [-0.25, -0.2) is 0 Å². The topological polar surface area (TPSA) is 70.8 Å². The molecule has 1 aromatic rings. The highest BCUT2D eigenvalue weighted by molar-refractivity contribution is 5.97. The van der Waals surface area contributed by atoms with Gasteiger partial charge in [0.05, 0.1) is 11.8 Å². The Kier molecular flexibility index (Phi) is 5.27. The van der Waals surface area contributed by atoms with Gasteiger partial charge in [0.1, 0.15) is 12.2 Å². The number of hydrogen-bond acceptors (Lipinski definition) is 3. The molecule has 2 rings (SSSR count). The molecule has 0 aliphatic carbocycles. The van der Waals surface area contributed by atoms with E-state index in [0.29, 0.717) is 11.5 Å². The van der Waals surface area contributed by atoms with Gasteiger partial charge in [-0.3, -0.25) is 9.59 Å². The molecule has 0 bridgehead atoms. The molecule has 1 fully saturated rings. The molecule has 22 heavy (non-hydrogen) atoms. The van der Waals surface area contributed by atoms with Gasteiger partial charge in [-0.15, -0.1) is 0 Å². The molecule has 0 aromatic carbocycles. The Hall–Kier alpha value is -1.78. The maximum Gasteiger partial charge on any atom is 0.311 e. The van der Waals surface area contributed by atoms with Gasteiger partial charge < -0.3 is 14.4 Å². The molecule has 5 nitrogen and oxygen atoms in total. The lowest BCUT2D eigenvalue weighted by molar-refractivity contribution is -0.136. The number of carboxylic acid groups (broad SMARTS) is 1. The van der Waals surface area contributed by atoms with Crippen LogP contribution < -0.4 is 0 Å². The van der Waals surface area contributed by atoms with Crippen molar-refractivity contribution in [2.75, 3.05) is 6.54 Å². The van der Waals surface area contributed by atoms with E-state index in [0.717, 1.165) is 37.8 Å². The number of amides is 1. The minimum Gasteiger partial charge on any atom is -0.481 e. The summed E-state index contributed by atoms with van der Waals surface area (Å²) in [6.07, 6.45) is 5.38. The number of piperidine rings is 1. The molecule has 2 heterocycles. The zero-order valence-electron chi connectivity index (χ0n) is 13.6. The highest BCUT2D eigenvalue weighted by Gasteiger charge is 2.34. The SMILES string of the molecule is CCCC1C(C)CCCN1C(=O)c1c(C)coc1CC(=O)O. The Bertz CT molecular complexity index is 549. The number of aryl methyl sites for hydroxylation is 1. The Morgan fingerprint density at radius 1 is 1.45 bits per heavy atom. The average Bonchev–Trinajstić information content (AvgIpc) is 2.80. The first-order valence-electron chi connectivity index (χ1n) is 8.05. The maximum atomic E-state index is 13.0. The highest BCUT2D eigenvalue weighted by atomic mass is 16.4. The summed E-state index contributed by atoms with van der Waals surface area (Å²) < 4.78 is 5.31. The van der Waals surface area contributed by atoms with E-state index in [-0.39, 0.29) is 24.1 Å². The number of furan rings is 1. The van der Waals surface area contributed by atoms with Crippen molar-refractivity contribution in [3.05, 3.63) is 23.2 Å². The summed E-state index contributed by atoms with van der Waals surface area (Å²) in [5.74, 6) is -0.315. The second kappa shape index (κ2) is 6.99. The van der Waals surface area contributed by atoms with E-state index in [2.05, 4.69) is 13.8 Å². The van der Waals surface area contributed by atoms with E-state index in [4.69, 9.17) is 9.52 Å². The van der Waals surface area contributed by atoms with Crippen LogP contribution in [0.5, 0.6) is 0 Å². The van der Waals surface area contributed by atoms with E-state index in [1.54, 1.807) is 6.92 Å². The third-order valence-electron chi connectivity index (χ3n) is 4.54. The summed E-state index contributed by atoms with van der Waals surface area (Å²) in [6.45, 7) is 6.86. The molecular weight excluding hydrogens is 282 g/mol. The third kappa shape index (κ3) is 3.34. The van der Waals surface area contributed by atoms with Gasteiger partial charge in [0, 0.05) is 18.2 Å². The molecule has 1 amide bonds. The monoisotopic (exact) mass is 307 g/mol. The molecule has 1 aromatic heterocycles. The van der Waals surface area contributed by atoms with Crippen LogP contribution >= 0.6 is 0 Å². The van der Waals surface area contributed by atoms with Crippen LogP contribution in [0.4, 0.5) is 0 Å². The summed E-state index contributed by atoms with van der Waals surface area (Å²) in [4.78, 5) is 25.9. The molecule has 0 saturated carbocycles. The lowest BCUT2D eigenvalue weighted by Crippen LogP contribution is -2.48. The fraction of sp³-hybridized carbons (Fsp3) is 0.647. The molecule has 122 valence electrons. The van der Waals surface area contributed by atoms with Crippen LogP contribution in [0.1, 0.15) is 61.2 Å². The molecule has 0 radical (unpaired) electrons. The maximum absolute atomic E-state index is 13.0. The Balaban J connectivity index is 2.29. The van der Waals surface area contributed by atoms with E-state index >= 15 is 0 Å². The predicted octanol–water partition coefficient (Wildman–Crippen LogP) is 3.26. The fourth-order valence-electron chi connectivity index (χ4n) is 3.43. The third-order valence-corrected chi connectivity index (χ3v) is 4.54. The van der Waals surface area contributed by atoms with Crippen LogP contribution in [-0.2, 0) is 11.2 Å². The van der Waals surface area contributed by atoms with Crippen molar-refractivity contribution in [3.63, 3.8) is 0 Å². The van der Waals surface area contributed by atoms with Gasteiger partial charge in [-0.1, -0.05) is 20.3 Å². The minimum absolute atomic E-state index is 0.0764. The van der Waals surface area contributed by atoms with E-state index < -0.39 is 5.97 Å². The van der Waals surface area contributed by atoms with Crippen molar-refractivity contribution in [1.29, 1.82) is 0 Å². The van der Waals surface area contributed by atoms with Crippen molar-refractivity contribution in [1.82, 2.24) is 4.90 Å². The van der Waals surface area contributed by atoms with Crippen molar-refractivity contribution in [3.8, 4) is 0 Å². The number of carbonyl (C=O) groups is 2. The van der Waals surface area contributed by atoms with E-state index in [1.807, 2.05) is 4.90 Å². The fourth-order valence-corrected chi connectivity index (χ4v) is 3.43. The summed E-state index contributed by atoms with van der Waals surface area (Å²) in [6, 6.07) is 0.234. The number of hydrogen-bond donors (Lipinski definition) is 1.